The highest BCUT2D eigenvalue weighted by atomic mass is 19.1. The van der Waals surface area contributed by atoms with E-state index in [1.807, 2.05) is 48.0 Å². The van der Waals surface area contributed by atoms with E-state index in [0.29, 0.717) is 12.1 Å². The van der Waals surface area contributed by atoms with Crippen molar-refractivity contribution in [2.24, 2.45) is 0 Å². The molecule has 0 aliphatic rings. The summed E-state index contributed by atoms with van der Waals surface area (Å²) in [4.78, 5) is 12.8. The number of fused-ring (bicyclic) bond motifs is 1. The van der Waals surface area contributed by atoms with Crippen LogP contribution >= 0.6 is 0 Å². The van der Waals surface area contributed by atoms with Gasteiger partial charge in [0.15, 0.2) is 0 Å². The number of benzene rings is 3. The van der Waals surface area contributed by atoms with Crippen molar-refractivity contribution in [1.29, 1.82) is 0 Å². The van der Waals surface area contributed by atoms with E-state index in [1.165, 1.54) is 12.1 Å². The summed E-state index contributed by atoms with van der Waals surface area (Å²) in [6.45, 7) is 2.44. The Kier molecular flexibility index (Phi) is 5.48. The van der Waals surface area contributed by atoms with Crippen LogP contribution in [0.15, 0.2) is 72.9 Å². The number of nitrogens with zero attached hydrogens (tertiary/aromatic N) is 2. The number of carbonyl (C=O) groups is 1. The maximum absolute atomic E-state index is 13.2. The molecule has 0 radical (unpaired) electrons. The van der Waals surface area contributed by atoms with Crippen LogP contribution in [0.4, 0.5) is 4.39 Å². The normalized spacial score (nSPS) is 12.0. The molecule has 0 saturated heterocycles. The van der Waals surface area contributed by atoms with Gasteiger partial charge in [-0.2, -0.15) is 5.10 Å². The molecule has 1 aromatic heterocycles. The Morgan fingerprint density at radius 1 is 1.10 bits per heavy atom. The highest BCUT2D eigenvalue weighted by Gasteiger charge is 2.14. The van der Waals surface area contributed by atoms with Crippen LogP contribution in [0.25, 0.3) is 10.9 Å². The van der Waals surface area contributed by atoms with Crippen LogP contribution in [0.5, 0.6) is 5.75 Å². The molecular formula is C24H22FN3O2. The first-order valence-corrected chi connectivity index (χ1v) is 9.68. The smallest absolute Gasteiger partial charge is 0.251 e. The molecule has 1 atom stereocenters. The van der Waals surface area contributed by atoms with Crippen LogP contribution in [0.1, 0.15) is 34.5 Å². The SMILES string of the molecule is COc1ccc(C(C)NC(=O)c2ccc3cnn(Cc4ccc(F)cc4)c3c2)cc1. The predicted molar refractivity (Wildman–Crippen MR) is 114 cm³/mol. The fourth-order valence-electron chi connectivity index (χ4n) is 3.36. The molecule has 1 heterocycles. The molecular weight excluding hydrogens is 381 g/mol. The first kappa shape index (κ1) is 19.6. The van der Waals surface area contributed by atoms with Gasteiger partial charge in [0.25, 0.3) is 5.91 Å². The van der Waals surface area contributed by atoms with Crippen LogP contribution in [0.3, 0.4) is 0 Å². The minimum Gasteiger partial charge on any atom is -0.497 e. The van der Waals surface area contributed by atoms with E-state index in [2.05, 4.69) is 10.4 Å². The molecule has 1 amide bonds. The molecule has 1 unspecified atom stereocenters. The molecule has 4 rings (SSSR count). The fraction of sp³-hybridized carbons (Fsp3) is 0.167. The van der Waals surface area contributed by atoms with Crippen LogP contribution in [0.2, 0.25) is 0 Å². The Morgan fingerprint density at radius 3 is 2.53 bits per heavy atom. The van der Waals surface area contributed by atoms with E-state index in [4.69, 9.17) is 4.74 Å². The Hall–Kier alpha value is -3.67. The molecule has 0 spiro atoms. The zero-order chi connectivity index (χ0) is 21.1. The molecule has 30 heavy (non-hydrogen) atoms. The summed E-state index contributed by atoms with van der Waals surface area (Å²) in [5, 5.41) is 8.39. The van der Waals surface area contributed by atoms with Gasteiger partial charge in [0, 0.05) is 10.9 Å². The summed E-state index contributed by atoms with van der Waals surface area (Å²) in [7, 11) is 1.62. The van der Waals surface area contributed by atoms with E-state index in [9.17, 15) is 9.18 Å². The number of nitrogens with one attached hydrogen (secondary N) is 1. The number of rotatable bonds is 6. The number of carbonyl (C=O) groups excluding carboxylic acids is 1. The zero-order valence-electron chi connectivity index (χ0n) is 16.8. The van der Waals surface area contributed by atoms with Gasteiger partial charge in [-0.05, 0) is 54.4 Å². The Bertz CT molecular complexity index is 1170. The average molecular weight is 403 g/mol. The first-order chi connectivity index (χ1) is 14.5. The molecule has 4 aromatic rings. The number of hydrogen-bond acceptors (Lipinski definition) is 3. The van der Waals surface area contributed by atoms with Crippen LogP contribution < -0.4 is 10.1 Å². The maximum Gasteiger partial charge on any atom is 0.251 e. The van der Waals surface area contributed by atoms with Crippen LogP contribution in [-0.4, -0.2) is 22.8 Å². The largest absolute Gasteiger partial charge is 0.497 e. The molecule has 0 bridgehead atoms. The third kappa shape index (κ3) is 4.17. The fourth-order valence-corrected chi connectivity index (χ4v) is 3.36. The minimum atomic E-state index is -0.269. The standard InChI is InChI=1S/C24H22FN3O2/c1-16(18-7-11-22(30-2)12-8-18)27-24(29)19-5-6-20-14-26-28(23(20)13-19)15-17-3-9-21(25)10-4-17/h3-14,16H,15H2,1-2H3,(H,27,29). The van der Waals surface area contributed by atoms with Crippen molar-refractivity contribution < 1.29 is 13.9 Å². The zero-order valence-corrected chi connectivity index (χ0v) is 16.8. The highest BCUT2D eigenvalue weighted by Crippen LogP contribution is 2.20. The van der Waals surface area contributed by atoms with Crippen molar-refractivity contribution in [3.63, 3.8) is 0 Å². The van der Waals surface area contributed by atoms with Gasteiger partial charge >= 0.3 is 0 Å². The van der Waals surface area contributed by atoms with Crippen molar-refractivity contribution in [3.05, 3.63) is 95.4 Å². The van der Waals surface area contributed by atoms with Gasteiger partial charge in [0.05, 0.1) is 31.4 Å². The summed E-state index contributed by atoms with van der Waals surface area (Å²) < 4.78 is 20.1. The third-order valence-corrected chi connectivity index (χ3v) is 5.12. The maximum atomic E-state index is 13.2. The van der Waals surface area contributed by atoms with Crippen molar-refractivity contribution in [1.82, 2.24) is 15.1 Å². The van der Waals surface area contributed by atoms with Crippen LogP contribution in [0, 0.1) is 5.82 Å². The van der Waals surface area contributed by atoms with Gasteiger partial charge in [-0.25, -0.2) is 4.39 Å². The topological polar surface area (TPSA) is 56.1 Å². The second-order valence-electron chi connectivity index (χ2n) is 7.17. The summed E-state index contributed by atoms with van der Waals surface area (Å²) in [5.74, 6) is 0.348. The van der Waals surface area contributed by atoms with E-state index in [0.717, 1.165) is 27.8 Å². The number of aromatic nitrogens is 2. The van der Waals surface area contributed by atoms with Gasteiger partial charge in [0.1, 0.15) is 11.6 Å². The molecule has 0 aliphatic heterocycles. The minimum absolute atomic E-state index is 0.150. The molecule has 0 saturated carbocycles. The molecule has 0 fully saturated rings. The second kappa shape index (κ2) is 8.37. The van der Waals surface area contributed by atoms with Crippen LogP contribution in [-0.2, 0) is 6.54 Å². The quantitative estimate of drug-likeness (QED) is 0.507. The first-order valence-electron chi connectivity index (χ1n) is 9.68. The lowest BCUT2D eigenvalue weighted by atomic mass is 10.1. The number of ether oxygens (including phenoxy) is 1. The molecule has 152 valence electrons. The lowest BCUT2D eigenvalue weighted by molar-refractivity contribution is 0.0940. The van der Waals surface area contributed by atoms with Gasteiger partial charge in [0.2, 0.25) is 0 Å². The van der Waals surface area contributed by atoms with Crippen molar-refractivity contribution in [2.45, 2.75) is 19.5 Å². The highest BCUT2D eigenvalue weighted by molar-refractivity contribution is 5.98. The monoisotopic (exact) mass is 403 g/mol. The summed E-state index contributed by atoms with van der Waals surface area (Å²) >= 11 is 0. The average Bonchev–Trinajstić information content (AvgIpc) is 3.17. The number of methoxy groups -OCH3 is 1. The van der Waals surface area contributed by atoms with E-state index >= 15 is 0 Å². The van der Waals surface area contributed by atoms with E-state index in [-0.39, 0.29) is 17.8 Å². The second-order valence-corrected chi connectivity index (χ2v) is 7.17. The summed E-state index contributed by atoms with van der Waals surface area (Å²) in [6, 6.07) is 19.3. The van der Waals surface area contributed by atoms with E-state index < -0.39 is 0 Å². The number of amides is 1. The van der Waals surface area contributed by atoms with Gasteiger partial charge in [-0.15, -0.1) is 0 Å². The number of hydrogen-bond donors (Lipinski definition) is 1. The molecule has 6 heteroatoms. The van der Waals surface area contributed by atoms with Crippen molar-refractivity contribution in [2.75, 3.05) is 7.11 Å². The summed E-state index contributed by atoms with van der Waals surface area (Å²) in [5.41, 5.74) is 3.34. The Morgan fingerprint density at radius 2 is 1.83 bits per heavy atom. The van der Waals surface area contributed by atoms with Gasteiger partial charge in [-0.1, -0.05) is 30.3 Å². The molecule has 1 N–H and O–H groups in total. The Balaban J connectivity index is 1.53. The lowest BCUT2D eigenvalue weighted by Gasteiger charge is -2.15. The van der Waals surface area contributed by atoms with Crippen molar-refractivity contribution in [3.8, 4) is 5.75 Å². The molecule has 0 aliphatic carbocycles. The third-order valence-electron chi connectivity index (χ3n) is 5.12. The van der Waals surface area contributed by atoms with E-state index in [1.54, 1.807) is 31.5 Å². The molecule has 3 aromatic carbocycles. The Labute approximate surface area is 174 Å². The lowest BCUT2D eigenvalue weighted by Crippen LogP contribution is -2.26. The number of halogens is 1. The predicted octanol–water partition coefficient (Wildman–Crippen LogP) is 4.72. The summed E-state index contributed by atoms with van der Waals surface area (Å²) in [6.07, 6.45) is 1.76. The molecule has 5 nitrogen and oxygen atoms in total. The van der Waals surface area contributed by atoms with Gasteiger partial charge < -0.3 is 10.1 Å². The van der Waals surface area contributed by atoms with Crippen molar-refractivity contribution >= 4 is 16.8 Å². The van der Waals surface area contributed by atoms with Gasteiger partial charge in [-0.3, -0.25) is 9.48 Å².